The fraction of sp³-hybridized carbons (Fsp3) is 0.267. The van der Waals surface area contributed by atoms with Crippen LogP contribution in [0.3, 0.4) is 0 Å². The Hall–Kier alpha value is -2.05. The third kappa shape index (κ3) is 5.26. The van der Waals surface area contributed by atoms with Crippen molar-refractivity contribution in [3.05, 3.63) is 46.5 Å². The molecule has 0 saturated carbocycles. The van der Waals surface area contributed by atoms with Gasteiger partial charge in [-0.1, -0.05) is 23.2 Å². The average molecular weight is 356 g/mol. The van der Waals surface area contributed by atoms with Crippen molar-refractivity contribution in [1.82, 2.24) is 15.3 Å². The number of hydrogen-bond donors (Lipinski definition) is 2. The number of hydrogen-bond acceptors (Lipinski definition) is 5. The molecule has 6 nitrogen and oxygen atoms in total. The fourth-order valence-corrected chi connectivity index (χ4v) is 2.38. The van der Waals surface area contributed by atoms with Crippen molar-refractivity contribution in [3.8, 4) is 11.5 Å². The molecule has 0 atom stereocenters. The van der Waals surface area contributed by atoms with Crippen molar-refractivity contribution in [2.45, 2.75) is 12.8 Å². The highest BCUT2D eigenvalue weighted by atomic mass is 35.5. The van der Waals surface area contributed by atoms with E-state index in [1.165, 1.54) is 30.7 Å². The number of nitrogens with one attached hydrogen (secondary N) is 1. The summed E-state index contributed by atoms with van der Waals surface area (Å²) >= 11 is 11.9. The Bertz CT molecular complexity index is 645. The Morgan fingerprint density at radius 2 is 1.96 bits per heavy atom. The summed E-state index contributed by atoms with van der Waals surface area (Å²) in [6.45, 7) is 0.890. The van der Waals surface area contributed by atoms with Crippen molar-refractivity contribution in [3.63, 3.8) is 0 Å². The third-order valence-electron chi connectivity index (χ3n) is 2.88. The van der Waals surface area contributed by atoms with Crippen molar-refractivity contribution in [2.24, 2.45) is 0 Å². The molecule has 23 heavy (non-hydrogen) atoms. The van der Waals surface area contributed by atoms with Gasteiger partial charge in [0.05, 0.1) is 22.8 Å². The Morgan fingerprint density at radius 3 is 2.61 bits per heavy atom. The van der Waals surface area contributed by atoms with Gasteiger partial charge in [0.25, 0.3) is 5.91 Å². The van der Waals surface area contributed by atoms with Crippen LogP contribution in [-0.2, 0) is 0 Å². The number of halogens is 2. The highest BCUT2D eigenvalue weighted by Gasteiger charge is 2.09. The van der Waals surface area contributed by atoms with Crippen molar-refractivity contribution >= 4 is 29.1 Å². The molecule has 1 heterocycles. The molecule has 2 rings (SSSR count). The highest BCUT2D eigenvalue weighted by Crippen LogP contribution is 2.36. The van der Waals surface area contributed by atoms with Crippen LogP contribution in [-0.4, -0.2) is 34.1 Å². The second-order valence-corrected chi connectivity index (χ2v) is 5.46. The van der Waals surface area contributed by atoms with E-state index in [4.69, 9.17) is 27.9 Å². The maximum absolute atomic E-state index is 11.7. The lowest BCUT2D eigenvalue weighted by atomic mass is 10.3. The number of ether oxygens (including phenoxy) is 1. The SMILES string of the molecule is O=C(NCCCCOc1c(Cl)cc(O)cc1Cl)c1cnccn1. The molecule has 0 unspecified atom stereocenters. The Labute approximate surface area is 143 Å². The molecule has 0 aliphatic carbocycles. The predicted octanol–water partition coefficient (Wildman–Crippen LogP) is 3.08. The summed E-state index contributed by atoms with van der Waals surface area (Å²) in [6, 6.07) is 2.73. The number of amides is 1. The topological polar surface area (TPSA) is 84.3 Å². The summed E-state index contributed by atoms with van der Waals surface area (Å²) in [5.74, 6) is 0.0671. The number of benzene rings is 1. The second-order valence-electron chi connectivity index (χ2n) is 4.64. The van der Waals surface area contributed by atoms with Gasteiger partial charge in [0, 0.05) is 31.1 Å². The van der Waals surface area contributed by atoms with Gasteiger partial charge in [-0.3, -0.25) is 9.78 Å². The first-order valence-electron chi connectivity index (χ1n) is 6.93. The van der Waals surface area contributed by atoms with Gasteiger partial charge in [0.15, 0.2) is 5.75 Å². The summed E-state index contributed by atoms with van der Waals surface area (Å²) < 4.78 is 5.50. The van der Waals surface area contributed by atoms with E-state index in [1.54, 1.807) is 0 Å². The molecule has 2 N–H and O–H groups in total. The number of phenolic OH excluding ortho intramolecular Hbond substituents is 1. The maximum atomic E-state index is 11.7. The molecule has 2 aromatic rings. The van der Waals surface area contributed by atoms with Gasteiger partial charge in [-0.15, -0.1) is 0 Å². The largest absolute Gasteiger partial charge is 0.508 e. The van der Waals surface area contributed by atoms with Crippen LogP contribution in [0.4, 0.5) is 0 Å². The van der Waals surface area contributed by atoms with E-state index in [1.807, 2.05) is 0 Å². The molecular formula is C15H15Cl2N3O3. The van der Waals surface area contributed by atoms with E-state index in [0.29, 0.717) is 25.3 Å². The lowest BCUT2D eigenvalue weighted by Crippen LogP contribution is -2.25. The number of carbonyl (C=O) groups excluding carboxylic acids is 1. The van der Waals surface area contributed by atoms with Crippen LogP contribution in [0.5, 0.6) is 11.5 Å². The van der Waals surface area contributed by atoms with Gasteiger partial charge in [-0.05, 0) is 12.8 Å². The van der Waals surface area contributed by atoms with Gasteiger partial charge >= 0.3 is 0 Å². The molecule has 0 aliphatic rings. The number of nitrogens with zero attached hydrogens (tertiary/aromatic N) is 2. The van der Waals surface area contributed by atoms with E-state index in [-0.39, 0.29) is 27.4 Å². The first kappa shape index (κ1) is 17.3. The summed E-state index contributed by atoms with van der Waals surface area (Å²) in [7, 11) is 0. The monoisotopic (exact) mass is 355 g/mol. The minimum atomic E-state index is -0.261. The molecule has 0 spiro atoms. The number of aromatic hydroxyl groups is 1. The van der Waals surface area contributed by atoms with E-state index in [0.717, 1.165) is 6.42 Å². The Balaban J connectivity index is 1.68. The molecule has 1 aromatic heterocycles. The molecule has 0 fully saturated rings. The molecule has 0 radical (unpaired) electrons. The number of rotatable bonds is 7. The van der Waals surface area contributed by atoms with Crippen LogP contribution < -0.4 is 10.1 Å². The Morgan fingerprint density at radius 1 is 1.22 bits per heavy atom. The molecule has 8 heteroatoms. The summed E-state index contributed by atoms with van der Waals surface area (Å²) in [4.78, 5) is 19.5. The lowest BCUT2D eigenvalue weighted by Gasteiger charge is -2.10. The normalized spacial score (nSPS) is 10.3. The highest BCUT2D eigenvalue weighted by molar-refractivity contribution is 6.37. The van der Waals surface area contributed by atoms with E-state index in [2.05, 4.69) is 15.3 Å². The van der Waals surface area contributed by atoms with Gasteiger partial charge < -0.3 is 15.2 Å². The van der Waals surface area contributed by atoms with Gasteiger partial charge in [0.1, 0.15) is 11.4 Å². The minimum absolute atomic E-state index is 0.0147. The molecule has 0 saturated heterocycles. The van der Waals surface area contributed by atoms with E-state index in [9.17, 15) is 9.90 Å². The standard InChI is InChI=1S/C15H15Cl2N3O3/c16-11-7-10(21)8-12(17)14(11)23-6-2-1-3-20-15(22)13-9-18-4-5-19-13/h4-5,7-9,21H,1-3,6H2,(H,20,22). The number of unbranched alkanes of at least 4 members (excludes halogenated alkanes) is 1. The molecule has 0 bridgehead atoms. The van der Waals surface area contributed by atoms with Gasteiger partial charge in [-0.2, -0.15) is 0 Å². The quantitative estimate of drug-likeness (QED) is 0.745. The Kier molecular flexibility index (Phi) is 6.43. The molecule has 1 amide bonds. The zero-order valence-electron chi connectivity index (χ0n) is 12.1. The number of aromatic nitrogens is 2. The third-order valence-corrected chi connectivity index (χ3v) is 3.44. The zero-order valence-corrected chi connectivity index (χ0v) is 13.6. The zero-order chi connectivity index (χ0) is 16.7. The number of carbonyl (C=O) groups is 1. The van der Waals surface area contributed by atoms with Crippen molar-refractivity contribution < 1.29 is 14.6 Å². The van der Waals surface area contributed by atoms with Gasteiger partial charge in [0.2, 0.25) is 0 Å². The summed E-state index contributed by atoms with van der Waals surface area (Å²) in [6.07, 6.45) is 5.81. The molecule has 0 aliphatic heterocycles. The van der Waals surface area contributed by atoms with Crippen LogP contribution in [0.15, 0.2) is 30.7 Å². The average Bonchev–Trinajstić information content (AvgIpc) is 2.53. The van der Waals surface area contributed by atoms with Crippen LogP contribution in [0.2, 0.25) is 10.0 Å². The lowest BCUT2D eigenvalue weighted by molar-refractivity contribution is 0.0947. The predicted molar refractivity (Wildman–Crippen MR) is 87.2 cm³/mol. The van der Waals surface area contributed by atoms with E-state index >= 15 is 0 Å². The van der Waals surface area contributed by atoms with Crippen molar-refractivity contribution in [1.29, 1.82) is 0 Å². The molecule has 1 aromatic carbocycles. The van der Waals surface area contributed by atoms with E-state index < -0.39 is 0 Å². The molecule has 122 valence electrons. The van der Waals surface area contributed by atoms with Crippen LogP contribution in [0, 0.1) is 0 Å². The smallest absolute Gasteiger partial charge is 0.271 e. The van der Waals surface area contributed by atoms with Crippen LogP contribution in [0.25, 0.3) is 0 Å². The first-order chi connectivity index (χ1) is 11.1. The van der Waals surface area contributed by atoms with Crippen LogP contribution in [0.1, 0.15) is 23.3 Å². The second kappa shape index (κ2) is 8.55. The summed E-state index contributed by atoms with van der Waals surface area (Å²) in [5.41, 5.74) is 0.284. The maximum Gasteiger partial charge on any atom is 0.271 e. The number of phenols is 1. The molecular weight excluding hydrogens is 341 g/mol. The van der Waals surface area contributed by atoms with Crippen LogP contribution >= 0.6 is 23.2 Å². The minimum Gasteiger partial charge on any atom is -0.508 e. The van der Waals surface area contributed by atoms with Gasteiger partial charge in [-0.25, -0.2) is 4.98 Å². The summed E-state index contributed by atoms with van der Waals surface area (Å²) in [5, 5.41) is 12.6. The fourth-order valence-electron chi connectivity index (χ4n) is 1.79. The first-order valence-corrected chi connectivity index (χ1v) is 7.68. The van der Waals surface area contributed by atoms with Crippen molar-refractivity contribution in [2.75, 3.05) is 13.2 Å².